The fourth-order valence-corrected chi connectivity index (χ4v) is 2.31. The minimum Gasteiger partial charge on any atom is -0.480 e. The molecule has 0 unspecified atom stereocenters. The van der Waals surface area contributed by atoms with Gasteiger partial charge < -0.3 is 14.8 Å². The molecule has 2 aromatic rings. The highest BCUT2D eigenvalue weighted by Crippen LogP contribution is 2.27. The SMILES string of the molecule is CC(C)OC(=S)c1ccccc1Nc1ccc(OC(F)(F)F)cc1. The molecule has 0 heterocycles. The van der Waals surface area contributed by atoms with Crippen LogP contribution in [0.1, 0.15) is 19.4 Å². The lowest BCUT2D eigenvalue weighted by Crippen LogP contribution is -2.17. The molecule has 0 bridgehead atoms. The van der Waals surface area contributed by atoms with E-state index in [9.17, 15) is 13.2 Å². The van der Waals surface area contributed by atoms with Crippen LogP contribution in [0, 0.1) is 0 Å². The molecule has 0 saturated carbocycles. The summed E-state index contributed by atoms with van der Waals surface area (Å²) < 4.78 is 45.9. The molecule has 0 atom stereocenters. The van der Waals surface area contributed by atoms with Crippen molar-refractivity contribution in [2.45, 2.75) is 26.3 Å². The molecule has 128 valence electrons. The molecule has 0 aliphatic heterocycles. The molecule has 0 aliphatic carbocycles. The van der Waals surface area contributed by atoms with Gasteiger partial charge in [0.05, 0.1) is 17.4 Å². The van der Waals surface area contributed by atoms with Gasteiger partial charge in [-0.2, -0.15) is 0 Å². The van der Waals surface area contributed by atoms with E-state index in [0.717, 1.165) is 0 Å². The Hall–Kier alpha value is -2.28. The fraction of sp³-hybridized carbons (Fsp3) is 0.235. The zero-order chi connectivity index (χ0) is 17.7. The lowest BCUT2D eigenvalue weighted by atomic mass is 10.1. The molecule has 0 aromatic heterocycles. The Balaban J connectivity index is 2.15. The lowest BCUT2D eigenvalue weighted by Gasteiger charge is -2.16. The van der Waals surface area contributed by atoms with Crippen molar-refractivity contribution in [3.8, 4) is 5.75 Å². The van der Waals surface area contributed by atoms with Gasteiger partial charge in [0.1, 0.15) is 5.75 Å². The maximum absolute atomic E-state index is 12.2. The maximum atomic E-state index is 12.2. The van der Waals surface area contributed by atoms with Gasteiger partial charge in [-0.25, -0.2) is 0 Å². The van der Waals surface area contributed by atoms with E-state index in [2.05, 4.69) is 10.1 Å². The maximum Gasteiger partial charge on any atom is 0.573 e. The van der Waals surface area contributed by atoms with Gasteiger partial charge in [-0.15, -0.1) is 13.2 Å². The molecular formula is C17H16F3NO2S. The first kappa shape index (κ1) is 18.1. The van der Waals surface area contributed by atoms with Crippen LogP contribution in [0.4, 0.5) is 24.5 Å². The number of para-hydroxylation sites is 1. The molecule has 0 fully saturated rings. The largest absolute Gasteiger partial charge is 0.573 e. The van der Waals surface area contributed by atoms with Crippen LogP contribution >= 0.6 is 12.2 Å². The summed E-state index contributed by atoms with van der Waals surface area (Å²) in [5, 5.41) is 3.46. The first-order valence-corrected chi connectivity index (χ1v) is 7.58. The monoisotopic (exact) mass is 355 g/mol. The molecule has 0 aliphatic rings. The number of hydrogen-bond acceptors (Lipinski definition) is 4. The highest BCUT2D eigenvalue weighted by Gasteiger charge is 2.30. The molecule has 2 aromatic carbocycles. The summed E-state index contributed by atoms with van der Waals surface area (Å²) in [5.41, 5.74) is 2.01. The molecule has 2 rings (SSSR count). The summed E-state index contributed by atoms with van der Waals surface area (Å²) in [6, 6.07) is 12.7. The number of anilines is 2. The smallest absolute Gasteiger partial charge is 0.480 e. The summed E-state index contributed by atoms with van der Waals surface area (Å²) >= 11 is 5.27. The van der Waals surface area contributed by atoms with Crippen LogP contribution in [-0.2, 0) is 4.74 Å². The van der Waals surface area contributed by atoms with E-state index in [1.165, 1.54) is 24.3 Å². The van der Waals surface area contributed by atoms with Crippen LogP contribution in [0.2, 0.25) is 0 Å². The third-order valence-corrected chi connectivity index (χ3v) is 3.17. The third-order valence-electron chi connectivity index (χ3n) is 2.86. The Morgan fingerprint density at radius 3 is 2.25 bits per heavy atom. The zero-order valence-corrected chi connectivity index (χ0v) is 13.9. The van der Waals surface area contributed by atoms with E-state index in [-0.39, 0.29) is 11.9 Å². The number of halogens is 3. The molecule has 3 nitrogen and oxygen atoms in total. The number of alkyl halides is 3. The molecule has 0 saturated heterocycles. The normalized spacial score (nSPS) is 11.2. The van der Waals surface area contributed by atoms with Crippen LogP contribution in [0.3, 0.4) is 0 Å². The third kappa shape index (κ3) is 5.42. The summed E-state index contributed by atoms with van der Waals surface area (Å²) in [4.78, 5) is 0. The Morgan fingerprint density at radius 1 is 1.04 bits per heavy atom. The van der Waals surface area contributed by atoms with Crippen LogP contribution in [0.15, 0.2) is 48.5 Å². The summed E-state index contributed by atoms with van der Waals surface area (Å²) in [7, 11) is 0. The van der Waals surface area contributed by atoms with Crippen molar-refractivity contribution >= 4 is 28.6 Å². The van der Waals surface area contributed by atoms with Crippen LogP contribution in [0.25, 0.3) is 0 Å². The van der Waals surface area contributed by atoms with E-state index in [1.54, 1.807) is 0 Å². The zero-order valence-electron chi connectivity index (χ0n) is 13.1. The van der Waals surface area contributed by atoms with Crippen LogP contribution < -0.4 is 10.1 Å². The Labute approximate surface area is 143 Å². The highest BCUT2D eigenvalue weighted by molar-refractivity contribution is 7.80. The van der Waals surface area contributed by atoms with Crippen molar-refractivity contribution < 1.29 is 22.6 Å². The molecular weight excluding hydrogens is 339 g/mol. The molecule has 0 radical (unpaired) electrons. The lowest BCUT2D eigenvalue weighted by molar-refractivity contribution is -0.274. The van der Waals surface area contributed by atoms with Gasteiger partial charge in [0, 0.05) is 5.69 Å². The van der Waals surface area contributed by atoms with Crippen LogP contribution in [0.5, 0.6) is 5.75 Å². The number of ether oxygens (including phenoxy) is 2. The molecule has 0 spiro atoms. The van der Waals surface area contributed by atoms with Crippen molar-refractivity contribution in [3.63, 3.8) is 0 Å². The Morgan fingerprint density at radius 2 is 1.67 bits per heavy atom. The van der Waals surface area contributed by atoms with Gasteiger partial charge in [-0.05, 0) is 62.5 Å². The van der Waals surface area contributed by atoms with Crippen molar-refractivity contribution in [2.24, 2.45) is 0 Å². The second-order valence-electron chi connectivity index (χ2n) is 5.20. The fourth-order valence-electron chi connectivity index (χ4n) is 1.94. The van der Waals surface area contributed by atoms with Gasteiger partial charge in [0.25, 0.3) is 0 Å². The minimum atomic E-state index is -4.71. The van der Waals surface area contributed by atoms with Gasteiger partial charge in [-0.1, -0.05) is 12.1 Å². The van der Waals surface area contributed by atoms with Crippen molar-refractivity contribution in [3.05, 3.63) is 54.1 Å². The van der Waals surface area contributed by atoms with Gasteiger partial charge in [0.15, 0.2) is 5.05 Å². The van der Waals surface area contributed by atoms with E-state index < -0.39 is 6.36 Å². The van der Waals surface area contributed by atoms with E-state index >= 15 is 0 Å². The summed E-state index contributed by atoms with van der Waals surface area (Å²) in [6.45, 7) is 3.75. The predicted octanol–water partition coefficient (Wildman–Crippen LogP) is 5.43. The average Bonchev–Trinajstić information content (AvgIpc) is 2.47. The topological polar surface area (TPSA) is 30.5 Å². The van der Waals surface area contributed by atoms with Crippen molar-refractivity contribution in [2.75, 3.05) is 5.32 Å². The number of nitrogens with one attached hydrogen (secondary N) is 1. The van der Waals surface area contributed by atoms with E-state index in [1.807, 2.05) is 38.1 Å². The molecule has 0 amide bonds. The Kier molecular flexibility index (Phi) is 5.66. The van der Waals surface area contributed by atoms with Gasteiger partial charge >= 0.3 is 6.36 Å². The molecule has 24 heavy (non-hydrogen) atoms. The quantitative estimate of drug-likeness (QED) is 0.725. The second-order valence-corrected chi connectivity index (χ2v) is 5.57. The first-order valence-electron chi connectivity index (χ1n) is 7.17. The first-order chi connectivity index (χ1) is 11.2. The van der Waals surface area contributed by atoms with Gasteiger partial charge in [-0.3, -0.25) is 0 Å². The summed E-state index contributed by atoms with van der Waals surface area (Å²) in [5.74, 6) is -0.278. The summed E-state index contributed by atoms with van der Waals surface area (Å²) in [6.07, 6.45) is -4.76. The molecule has 1 N–H and O–H groups in total. The standard InChI is InChI=1S/C17H16F3NO2S/c1-11(2)22-16(24)14-5-3-4-6-15(14)21-12-7-9-13(10-8-12)23-17(18,19)20/h3-11,21H,1-2H3. The van der Waals surface area contributed by atoms with Crippen LogP contribution in [-0.4, -0.2) is 17.5 Å². The average molecular weight is 355 g/mol. The number of benzene rings is 2. The molecule has 7 heteroatoms. The number of thiocarbonyl (C=S) groups is 1. The second kappa shape index (κ2) is 7.53. The van der Waals surface area contributed by atoms with Crippen molar-refractivity contribution in [1.82, 2.24) is 0 Å². The van der Waals surface area contributed by atoms with E-state index in [0.29, 0.717) is 22.0 Å². The highest BCUT2D eigenvalue weighted by atomic mass is 32.1. The minimum absolute atomic E-state index is 0.0515. The van der Waals surface area contributed by atoms with Gasteiger partial charge in [0.2, 0.25) is 0 Å². The number of rotatable bonds is 5. The van der Waals surface area contributed by atoms with Crippen molar-refractivity contribution in [1.29, 1.82) is 0 Å². The van der Waals surface area contributed by atoms with E-state index in [4.69, 9.17) is 17.0 Å². The predicted molar refractivity (Wildman–Crippen MR) is 90.8 cm³/mol. The number of hydrogen-bond donors (Lipinski definition) is 1. The Bertz CT molecular complexity index is 700.